The number of methoxy groups -OCH3 is 1. The Bertz CT molecular complexity index is 595. The summed E-state index contributed by atoms with van der Waals surface area (Å²) in [4.78, 5) is 8.53. The first-order chi connectivity index (χ1) is 9.10. The van der Waals surface area contributed by atoms with Gasteiger partial charge in [-0.25, -0.2) is 14.4 Å². The Morgan fingerprint density at radius 2 is 2.16 bits per heavy atom. The standard InChI is InChI=1S/C13H11BrClFN2O/c1-19-7-10-12(14)13(15)18-11(17-10)6-8-3-2-4-9(16)5-8/h2-5H,6-7H2,1H3. The van der Waals surface area contributed by atoms with Crippen LogP contribution in [0.15, 0.2) is 28.7 Å². The van der Waals surface area contributed by atoms with Gasteiger partial charge in [0.25, 0.3) is 0 Å². The van der Waals surface area contributed by atoms with Gasteiger partial charge in [-0.2, -0.15) is 0 Å². The predicted molar refractivity (Wildman–Crippen MR) is 74.7 cm³/mol. The van der Waals surface area contributed by atoms with E-state index in [-0.39, 0.29) is 5.82 Å². The lowest BCUT2D eigenvalue weighted by molar-refractivity contribution is 0.180. The van der Waals surface area contributed by atoms with E-state index >= 15 is 0 Å². The van der Waals surface area contributed by atoms with Gasteiger partial charge in [-0.1, -0.05) is 23.7 Å². The summed E-state index contributed by atoms with van der Waals surface area (Å²) in [5.74, 6) is 0.253. The van der Waals surface area contributed by atoms with E-state index in [2.05, 4.69) is 25.9 Å². The lowest BCUT2D eigenvalue weighted by atomic mass is 10.1. The molecule has 3 nitrogen and oxygen atoms in total. The third kappa shape index (κ3) is 3.72. The molecule has 0 amide bonds. The van der Waals surface area contributed by atoms with E-state index < -0.39 is 0 Å². The van der Waals surface area contributed by atoms with E-state index in [1.807, 2.05) is 6.07 Å². The number of nitrogens with zero attached hydrogens (tertiary/aromatic N) is 2. The molecule has 0 atom stereocenters. The number of hydrogen-bond donors (Lipinski definition) is 0. The minimum Gasteiger partial charge on any atom is -0.378 e. The molecule has 0 aliphatic rings. The van der Waals surface area contributed by atoms with E-state index in [0.717, 1.165) is 5.56 Å². The third-order valence-corrected chi connectivity index (χ3v) is 3.79. The van der Waals surface area contributed by atoms with Crippen LogP contribution in [-0.2, 0) is 17.8 Å². The van der Waals surface area contributed by atoms with Gasteiger partial charge in [0.15, 0.2) is 0 Å². The van der Waals surface area contributed by atoms with Gasteiger partial charge < -0.3 is 4.74 Å². The Balaban J connectivity index is 2.30. The fraction of sp³-hybridized carbons (Fsp3) is 0.231. The minimum absolute atomic E-state index is 0.280. The van der Waals surface area contributed by atoms with Crippen molar-refractivity contribution in [1.29, 1.82) is 0 Å². The van der Waals surface area contributed by atoms with Crippen molar-refractivity contribution in [3.8, 4) is 0 Å². The van der Waals surface area contributed by atoms with E-state index in [0.29, 0.717) is 34.2 Å². The summed E-state index contributed by atoms with van der Waals surface area (Å²) < 4.78 is 18.8. The number of aromatic nitrogens is 2. The summed E-state index contributed by atoms with van der Waals surface area (Å²) in [5.41, 5.74) is 1.47. The molecule has 1 aromatic heterocycles. The van der Waals surface area contributed by atoms with Crippen LogP contribution in [0, 0.1) is 5.82 Å². The van der Waals surface area contributed by atoms with Crippen molar-refractivity contribution in [2.45, 2.75) is 13.0 Å². The molecule has 0 saturated carbocycles. The molecule has 2 rings (SSSR count). The molecule has 0 unspecified atom stereocenters. The van der Waals surface area contributed by atoms with Crippen LogP contribution in [0.2, 0.25) is 5.15 Å². The van der Waals surface area contributed by atoms with Crippen LogP contribution in [0.3, 0.4) is 0 Å². The molecule has 100 valence electrons. The first kappa shape index (κ1) is 14.4. The van der Waals surface area contributed by atoms with Crippen molar-refractivity contribution >= 4 is 27.5 Å². The Morgan fingerprint density at radius 3 is 2.84 bits per heavy atom. The second kappa shape index (κ2) is 6.41. The van der Waals surface area contributed by atoms with Crippen LogP contribution in [0.5, 0.6) is 0 Å². The average Bonchev–Trinajstić information content (AvgIpc) is 2.35. The molecular weight excluding hydrogens is 335 g/mol. The van der Waals surface area contributed by atoms with E-state index in [9.17, 15) is 4.39 Å². The lowest BCUT2D eigenvalue weighted by Crippen LogP contribution is -2.04. The van der Waals surface area contributed by atoms with Crippen LogP contribution in [-0.4, -0.2) is 17.1 Å². The maximum Gasteiger partial charge on any atom is 0.147 e. The molecule has 6 heteroatoms. The highest BCUT2D eigenvalue weighted by Crippen LogP contribution is 2.24. The second-order valence-electron chi connectivity index (χ2n) is 3.93. The number of hydrogen-bond acceptors (Lipinski definition) is 3. The second-order valence-corrected chi connectivity index (χ2v) is 5.08. The van der Waals surface area contributed by atoms with Crippen molar-refractivity contribution in [3.63, 3.8) is 0 Å². The van der Waals surface area contributed by atoms with E-state index in [1.54, 1.807) is 13.2 Å². The lowest BCUT2D eigenvalue weighted by Gasteiger charge is -2.07. The fourth-order valence-electron chi connectivity index (χ4n) is 1.65. The zero-order valence-corrected chi connectivity index (χ0v) is 12.5. The number of ether oxygens (including phenoxy) is 1. The zero-order chi connectivity index (χ0) is 13.8. The Labute approximate surface area is 123 Å². The molecule has 1 aromatic carbocycles. The van der Waals surface area contributed by atoms with Crippen LogP contribution in [0.1, 0.15) is 17.1 Å². The first-order valence-corrected chi connectivity index (χ1v) is 6.71. The highest BCUT2D eigenvalue weighted by atomic mass is 79.9. The normalized spacial score (nSPS) is 10.7. The predicted octanol–water partition coefficient (Wildman–Crippen LogP) is 3.77. The zero-order valence-electron chi connectivity index (χ0n) is 10.2. The fourth-order valence-corrected chi connectivity index (χ4v) is 2.15. The molecule has 0 spiro atoms. The van der Waals surface area contributed by atoms with Gasteiger partial charge in [-0.15, -0.1) is 0 Å². The smallest absolute Gasteiger partial charge is 0.147 e. The summed E-state index contributed by atoms with van der Waals surface area (Å²) in [6.45, 7) is 0.332. The van der Waals surface area contributed by atoms with E-state index in [1.165, 1.54) is 12.1 Å². The summed E-state index contributed by atoms with van der Waals surface area (Å²) in [6.07, 6.45) is 0.418. The van der Waals surface area contributed by atoms with Gasteiger partial charge in [0.2, 0.25) is 0 Å². The highest BCUT2D eigenvalue weighted by molar-refractivity contribution is 9.10. The molecular formula is C13H11BrClFN2O. The van der Waals surface area contributed by atoms with Gasteiger partial charge in [-0.05, 0) is 33.6 Å². The van der Waals surface area contributed by atoms with Crippen molar-refractivity contribution in [3.05, 3.63) is 56.8 Å². The van der Waals surface area contributed by atoms with Crippen LogP contribution >= 0.6 is 27.5 Å². The molecule has 0 aliphatic heterocycles. The highest BCUT2D eigenvalue weighted by Gasteiger charge is 2.11. The molecule has 0 fully saturated rings. The number of rotatable bonds is 4. The molecule has 0 aliphatic carbocycles. The van der Waals surface area contributed by atoms with Crippen LogP contribution in [0.4, 0.5) is 4.39 Å². The monoisotopic (exact) mass is 344 g/mol. The van der Waals surface area contributed by atoms with Gasteiger partial charge in [0.1, 0.15) is 16.8 Å². The molecule has 19 heavy (non-hydrogen) atoms. The SMILES string of the molecule is COCc1nc(Cc2cccc(F)c2)nc(Cl)c1Br. The molecule has 0 N–H and O–H groups in total. The molecule has 2 aromatic rings. The average molecular weight is 346 g/mol. The summed E-state index contributed by atoms with van der Waals surface area (Å²) >= 11 is 9.34. The molecule has 0 saturated heterocycles. The van der Waals surface area contributed by atoms with Gasteiger partial charge >= 0.3 is 0 Å². The van der Waals surface area contributed by atoms with Gasteiger partial charge in [0, 0.05) is 13.5 Å². The maximum absolute atomic E-state index is 13.1. The number of halogens is 3. The molecule has 0 radical (unpaired) electrons. The Hall–Kier alpha value is -1.04. The van der Waals surface area contributed by atoms with Crippen LogP contribution < -0.4 is 0 Å². The first-order valence-electron chi connectivity index (χ1n) is 5.54. The van der Waals surface area contributed by atoms with Crippen molar-refractivity contribution in [1.82, 2.24) is 9.97 Å². The maximum atomic E-state index is 13.1. The summed E-state index contributed by atoms with van der Waals surface area (Å²) in [6, 6.07) is 6.32. The van der Waals surface area contributed by atoms with Gasteiger partial charge in [0.05, 0.1) is 16.8 Å². The topological polar surface area (TPSA) is 35.0 Å². The van der Waals surface area contributed by atoms with Crippen molar-refractivity contribution < 1.29 is 9.13 Å². The third-order valence-electron chi connectivity index (χ3n) is 2.46. The molecule has 1 heterocycles. The van der Waals surface area contributed by atoms with Crippen LogP contribution in [0.25, 0.3) is 0 Å². The van der Waals surface area contributed by atoms with E-state index in [4.69, 9.17) is 16.3 Å². The quantitative estimate of drug-likeness (QED) is 0.791. The summed E-state index contributed by atoms with van der Waals surface area (Å²) in [5, 5.41) is 0.327. The van der Waals surface area contributed by atoms with Gasteiger partial charge in [-0.3, -0.25) is 0 Å². The largest absolute Gasteiger partial charge is 0.378 e. The number of benzene rings is 1. The Morgan fingerprint density at radius 1 is 1.37 bits per heavy atom. The minimum atomic E-state index is -0.280. The summed E-state index contributed by atoms with van der Waals surface area (Å²) in [7, 11) is 1.58. The molecule has 0 bridgehead atoms. The van der Waals surface area contributed by atoms with Crippen molar-refractivity contribution in [2.24, 2.45) is 0 Å². The van der Waals surface area contributed by atoms with Crippen molar-refractivity contribution in [2.75, 3.05) is 7.11 Å². The Kier molecular flexibility index (Phi) is 4.85.